The van der Waals surface area contributed by atoms with E-state index in [4.69, 9.17) is 0 Å². The van der Waals surface area contributed by atoms with Gasteiger partial charge in [0.15, 0.2) is 0 Å². The highest BCUT2D eigenvalue weighted by Gasteiger charge is 2.20. The van der Waals surface area contributed by atoms with Gasteiger partial charge in [-0.05, 0) is 24.9 Å². The van der Waals surface area contributed by atoms with Crippen molar-refractivity contribution in [2.75, 3.05) is 24.5 Å². The third kappa shape index (κ3) is 2.53. The average Bonchev–Trinajstić information content (AvgIpc) is 2.73. The van der Waals surface area contributed by atoms with E-state index in [1.807, 2.05) is 12.4 Å². The Bertz CT molecular complexity index is 338. The van der Waals surface area contributed by atoms with Crippen molar-refractivity contribution in [1.29, 1.82) is 0 Å². The molecule has 1 aromatic heterocycles. The Morgan fingerprint density at radius 1 is 1.56 bits per heavy atom. The maximum absolute atomic E-state index is 4.22. The van der Waals surface area contributed by atoms with E-state index in [0.717, 1.165) is 19.0 Å². The summed E-state index contributed by atoms with van der Waals surface area (Å²) in [5, 5.41) is 3.37. The highest BCUT2D eigenvalue weighted by atomic mass is 15.2. The molecule has 3 nitrogen and oxygen atoms in total. The summed E-state index contributed by atoms with van der Waals surface area (Å²) in [5.41, 5.74) is 2.68. The van der Waals surface area contributed by atoms with E-state index in [1.165, 1.54) is 30.8 Å². The quantitative estimate of drug-likeness (QED) is 0.840. The van der Waals surface area contributed by atoms with Crippen molar-refractivity contribution in [3.8, 4) is 0 Å². The molecule has 0 saturated carbocycles. The molecule has 1 atom stereocenters. The normalized spacial score (nSPS) is 20.4. The maximum atomic E-state index is 4.22. The minimum absolute atomic E-state index is 0.820. The van der Waals surface area contributed by atoms with Gasteiger partial charge in [0.25, 0.3) is 0 Å². The number of hydrogen-bond donors (Lipinski definition) is 1. The van der Waals surface area contributed by atoms with Gasteiger partial charge in [-0.2, -0.15) is 0 Å². The molecule has 1 aromatic rings. The highest BCUT2D eigenvalue weighted by molar-refractivity contribution is 5.53. The zero-order chi connectivity index (χ0) is 11.4. The van der Waals surface area contributed by atoms with Crippen LogP contribution in [0.2, 0.25) is 0 Å². The molecule has 16 heavy (non-hydrogen) atoms. The second-order valence-corrected chi connectivity index (χ2v) is 4.62. The van der Waals surface area contributed by atoms with Gasteiger partial charge in [-0.3, -0.25) is 4.98 Å². The van der Waals surface area contributed by atoms with Gasteiger partial charge < -0.3 is 10.2 Å². The molecule has 1 N–H and O–H groups in total. The Labute approximate surface area is 97.9 Å². The summed E-state index contributed by atoms with van der Waals surface area (Å²) in [5.74, 6) is 0.820. The van der Waals surface area contributed by atoms with Crippen molar-refractivity contribution >= 4 is 5.69 Å². The molecule has 0 spiro atoms. The van der Waals surface area contributed by atoms with Gasteiger partial charge in [-0.25, -0.2) is 0 Å². The zero-order valence-corrected chi connectivity index (χ0v) is 10.2. The lowest BCUT2D eigenvalue weighted by Crippen LogP contribution is -2.22. The van der Waals surface area contributed by atoms with Crippen LogP contribution in [0.4, 0.5) is 5.69 Å². The van der Waals surface area contributed by atoms with E-state index in [9.17, 15) is 0 Å². The molecule has 1 aliphatic rings. The molecular weight excluding hydrogens is 198 g/mol. The lowest BCUT2D eigenvalue weighted by Gasteiger charge is -2.21. The fourth-order valence-corrected chi connectivity index (χ4v) is 2.28. The topological polar surface area (TPSA) is 28.2 Å². The van der Waals surface area contributed by atoms with E-state index in [0.29, 0.717) is 0 Å². The summed E-state index contributed by atoms with van der Waals surface area (Å²) in [7, 11) is 0. The molecule has 0 bridgehead atoms. The van der Waals surface area contributed by atoms with Crippen LogP contribution in [-0.2, 0) is 6.54 Å². The van der Waals surface area contributed by atoms with E-state index in [1.54, 1.807) is 0 Å². The van der Waals surface area contributed by atoms with Crippen molar-refractivity contribution in [3.05, 3.63) is 24.0 Å². The van der Waals surface area contributed by atoms with Crippen LogP contribution >= 0.6 is 0 Å². The van der Waals surface area contributed by atoms with Gasteiger partial charge in [-0.15, -0.1) is 0 Å². The summed E-state index contributed by atoms with van der Waals surface area (Å²) >= 11 is 0. The monoisotopic (exact) mass is 219 g/mol. The predicted molar refractivity (Wildman–Crippen MR) is 67.6 cm³/mol. The minimum Gasteiger partial charge on any atom is -0.371 e. The Balaban J connectivity index is 2.12. The van der Waals surface area contributed by atoms with E-state index < -0.39 is 0 Å². The number of aromatic nitrogens is 1. The van der Waals surface area contributed by atoms with Crippen molar-refractivity contribution < 1.29 is 0 Å². The van der Waals surface area contributed by atoms with Gasteiger partial charge in [0.2, 0.25) is 0 Å². The SMILES string of the molecule is CCNCc1cnccc1N1CCC(C)C1. The van der Waals surface area contributed by atoms with Crippen LogP contribution in [0, 0.1) is 5.92 Å². The molecule has 0 aliphatic carbocycles. The number of nitrogens with one attached hydrogen (secondary N) is 1. The lowest BCUT2D eigenvalue weighted by atomic mass is 10.2. The minimum atomic E-state index is 0.820. The summed E-state index contributed by atoms with van der Waals surface area (Å²) in [6.45, 7) is 8.75. The average molecular weight is 219 g/mol. The van der Waals surface area contributed by atoms with Gasteiger partial charge in [0, 0.05) is 43.3 Å². The molecule has 2 heterocycles. The van der Waals surface area contributed by atoms with Crippen LogP contribution in [0.3, 0.4) is 0 Å². The number of pyridine rings is 1. The first-order valence-corrected chi connectivity index (χ1v) is 6.19. The summed E-state index contributed by atoms with van der Waals surface area (Å²) in [6.07, 6.45) is 5.19. The summed E-state index contributed by atoms with van der Waals surface area (Å²) < 4.78 is 0. The Morgan fingerprint density at radius 3 is 3.12 bits per heavy atom. The molecule has 0 aromatic carbocycles. The fraction of sp³-hybridized carbons (Fsp3) is 0.615. The molecule has 1 unspecified atom stereocenters. The maximum Gasteiger partial charge on any atom is 0.0442 e. The van der Waals surface area contributed by atoms with Crippen molar-refractivity contribution in [1.82, 2.24) is 10.3 Å². The van der Waals surface area contributed by atoms with Crippen LogP contribution in [0.5, 0.6) is 0 Å². The van der Waals surface area contributed by atoms with E-state index in [-0.39, 0.29) is 0 Å². The Morgan fingerprint density at radius 2 is 2.44 bits per heavy atom. The van der Waals surface area contributed by atoms with Crippen molar-refractivity contribution in [3.63, 3.8) is 0 Å². The van der Waals surface area contributed by atoms with Crippen LogP contribution < -0.4 is 10.2 Å². The molecule has 3 heteroatoms. The Hall–Kier alpha value is -1.09. The molecule has 2 rings (SSSR count). The highest BCUT2D eigenvalue weighted by Crippen LogP contribution is 2.26. The number of nitrogens with zero attached hydrogens (tertiary/aromatic N) is 2. The summed E-state index contributed by atoms with van der Waals surface area (Å²) in [4.78, 5) is 6.71. The van der Waals surface area contributed by atoms with Crippen LogP contribution in [0.25, 0.3) is 0 Å². The summed E-state index contributed by atoms with van der Waals surface area (Å²) in [6, 6.07) is 2.14. The van der Waals surface area contributed by atoms with Crippen LogP contribution in [-0.4, -0.2) is 24.6 Å². The molecule has 0 amide bonds. The van der Waals surface area contributed by atoms with E-state index >= 15 is 0 Å². The first kappa shape index (κ1) is 11.4. The third-order valence-electron chi connectivity index (χ3n) is 3.21. The number of rotatable bonds is 4. The second kappa shape index (κ2) is 5.30. The van der Waals surface area contributed by atoms with Crippen molar-refractivity contribution in [2.45, 2.75) is 26.8 Å². The van der Waals surface area contributed by atoms with Gasteiger partial charge >= 0.3 is 0 Å². The first-order chi connectivity index (χ1) is 7.81. The molecule has 1 fully saturated rings. The molecule has 0 radical (unpaired) electrons. The molecular formula is C13H21N3. The molecule has 1 saturated heterocycles. The van der Waals surface area contributed by atoms with Crippen molar-refractivity contribution in [2.24, 2.45) is 5.92 Å². The fourth-order valence-electron chi connectivity index (χ4n) is 2.28. The zero-order valence-electron chi connectivity index (χ0n) is 10.2. The first-order valence-electron chi connectivity index (χ1n) is 6.19. The largest absolute Gasteiger partial charge is 0.371 e. The standard InChI is InChI=1S/C13H21N3/c1-3-14-8-12-9-15-6-4-13(12)16-7-5-11(2)10-16/h4,6,9,11,14H,3,5,7-8,10H2,1-2H3. The van der Waals surface area contributed by atoms with Gasteiger partial charge in [0.05, 0.1) is 0 Å². The molecule has 88 valence electrons. The van der Waals surface area contributed by atoms with Gasteiger partial charge in [0.1, 0.15) is 0 Å². The third-order valence-corrected chi connectivity index (χ3v) is 3.21. The lowest BCUT2D eigenvalue weighted by molar-refractivity contribution is 0.658. The van der Waals surface area contributed by atoms with E-state index in [2.05, 4.69) is 35.1 Å². The number of hydrogen-bond acceptors (Lipinski definition) is 3. The van der Waals surface area contributed by atoms with Crippen LogP contribution in [0.1, 0.15) is 25.8 Å². The van der Waals surface area contributed by atoms with Crippen LogP contribution in [0.15, 0.2) is 18.5 Å². The predicted octanol–water partition coefficient (Wildman–Crippen LogP) is 2.04. The smallest absolute Gasteiger partial charge is 0.0442 e. The van der Waals surface area contributed by atoms with Gasteiger partial charge in [-0.1, -0.05) is 13.8 Å². The molecule has 1 aliphatic heterocycles. The number of anilines is 1. The Kier molecular flexibility index (Phi) is 3.78. The second-order valence-electron chi connectivity index (χ2n) is 4.62.